The van der Waals surface area contributed by atoms with E-state index in [1.807, 2.05) is 0 Å². The molecule has 0 aliphatic heterocycles. The number of ether oxygens (including phenoxy) is 1. The first kappa shape index (κ1) is 17.7. The van der Waals surface area contributed by atoms with Crippen LogP contribution in [0.15, 0.2) is 18.2 Å². The molecule has 2 aromatic rings. The fourth-order valence-electron chi connectivity index (χ4n) is 1.72. The van der Waals surface area contributed by atoms with Gasteiger partial charge in [-0.05, 0) is 6.07 Å². The number of benzene rings is 2. The van der Waals surface area contributed by atoms with Crippen molar-refractivity contribution in [1.29, 1.82) is 0 Å². The van der Waals surface area contributed by atoms with E-state index >= 15 is 0 Å². The van der Waals surface area contributed by atoms with E-state index in [4.69, 9.17) is 44.6 Å². The largest absolute Gasteiger partial charge is 0.485 e. The topological polar surface area (TPSA) is 46.5 Å². The van der Waals surface area contributed by atoms with Crippen molar-refractivity contribution in [3.8, 4) is 5.75 Å². The van der Waals surface area contributed by atoms with Gasteiger partial charge in [-0.1, -0.05) is 46.9 Å². The van der Waals surface area contributed by atoms with E-state index in [9.17, 15) is 18.0 Å². The van der Waals surface area contributed by atoms with E-state index in [-0.39, 0.29) is 5.56 Å². The number of carbonyl (C=O) groups is 1. The highest BCUT2D eigenvalue weighted by Crippen LogP contribution is 2.41. The molecule has 1 N–H and O–H groups in total. The van der Waals surface area contributed by atoms with Crippen LogP contribution in [0.2, 0.25) is 15.1 Å². The number of halogens is 6. The van der Waals surface area contributed by atoms with Crippen LogP contribution in [-0.4, -0.2) is 11.1 Å². The van der Waals surface area contributed by atoms with Crippen molar-refractivity contribution in [2.75, 3.05) is 0 Å². The molecule has 0 spiro atoms. The summed E-state index contributed by atoms with van der Waals surface area (Å²) in [6, 6.07) is 3.59. The molecule has 0 atom stereocenters. The first-order chi connectivity index (χ1) is 10.8. The van der Waals surface area contributed by atoms with Gasteiger partial charge >= 0.3 is 5.97 Å². The van der Waals surface area contributed by atoms with E-state index in [1.165, 1.54) is 12.1 Å². The lowest BCUT2D eigenvalue weighted by atomic mass is 10.1. The van der Waals surface area contributed by atoms with E-state index in [0.29, 0.717) is 0 Å². The molecule has 9 heteroatoms. The van der Waals surface area contributed by atoms with Crippen LogP contribution < -0.4 is 4.74 Å². The number of hydrogen-bond donors (Lipinski definition) is 1. The van der Waals surface area contributed by atoms with Gasteiger partial charge in [-0.3, -0.25) is 0 Å². The quantitative estimate of drug-likeness (QED) is 0.571. The van der Waals surface area contributed by atoms with Crippen LogP contribution in [0.3, 0.4) is 0 Å². The van der Waals surface area contributed by atoms with Crippen LogP contribution in [0.1, 0.15) is 15.9 Å². The van der Waals surface area contributed by atoms with Crippen LogP contribution in [0.25, 0.3) is 0 Å². The van der Waals surface area contributed by atoms with Gasteiger partial charge in [-0.15, -0.1) is 0 Å². The van der Waals surface area contributed by atoms with E-state index in [0.717, 1.165) is 6.07 Å². The first-order valence-electron chi connectivity index (χ1n) is 5.90. The maximum absolute atomic E-state index is 14.0. The molecule has 0 aliphatic rings. The normalized spacial score (nSPS) is 10.7. The predicted molar refractivity (Wildman–Crippen MR) is 79.1 cm³/mol. The van der Waals surface area contributed by atoms with Gasteiger partial charge in [-0.2, -0.15) is 0 Å². The Bertz CT molecular complexity index is 768. The Morgan fingerprint density at radius 3 is 2.09 bits per heavy atom. The van der Waals surface area contributed by atoms with Gasteiger partial charge in [-0.25, -0.2) is 18.0 Å². The summed E-state index contributed by atoms with van der Waals surface area (Å²) >= 11 is 16.6. The van der Waals surface area contributed by atoms with Crippen molar-refractivity contribution in [2.45, 2.75) is 6.61 Å². The van der Waals surface area contributed by atoms with Gasteiger partial charge in [0, 0.05) is 5.56 Å². The molecule has 0 aliphatic carbocycles. The lowest BCUT2D eigenvalue weighted by Gasteiger charge is -2.13. The summed E-state index contributed by atoms with van der Waals surface area (Å²) in [5, 5.41) is 6.59. The zero-order valence-corrected chi connectivity index (χ0v) is 13.2. The van der Waals surface area contributed by atoms with Gasteiger partial charge in [0.1, 0.15) is 27.5 Å². The Hall–Kier alpha value is -1.63. The third-order valence-electron chi connectivity index (χ3n) is 2.85. The van der Waals surface area contributed by atoms with Crippen LogP contribution >= 0.6 is 34.8 Å². The van der Waals surface area contributed by atoms with Gasteiger partial charge in [0.15, 0.2) is 17.4 Å². The van der Waals surface area contributed by atoms with Crippen molar-refractivity contribution in [3.63, 3.8) is 0 Å². The molecule has 0 saturated carbocycles. The van der Waals surface area contributed by atoms with Crippen LogP contribution in [0.5, 0.6) is 5.75 Å². The highest BCUT2D eigenvalue weighted by Gasteiger charge is 2.23. The maximum atomic E-state index is 14.0. The Balaban J connectivity index is 2.36. The van der Waals surface area contributed by atoms with E-state index in [1.54, 1.807) is 0 Å². The molecule has 2 rings (SSSR count). The molecule has 0 fully saturated rings. The summed E-state index contributed by atoms with van der Waals surface area (Å²) < 4.78 is 46.2. The highest BCUT2D eigenvalue weighted by molar-refractivity contribution is 6.40. The van der Waals surface area contributed by atoms with Crippen molar-refractivity contribution < 1.29 is 27.8 Å². The SMILES string of the molecule is O=C(O)c1cccc(COc2c(Cl)c(F)c(Cl)c(F)c2Cl)c1F. The molecule has 23 heavy (non-hydrogen) atoms. The zero-order chi connectivity index (χ0) is 17.3. The third kappa shape index (κ3) is 3.34. The zero-order valence-electron chi connectivity index (χ0n) is 11.0. The van der Waals surface area contributed by atoms with Gasteiger partial charge < -0.3 is 9.84 Å². The van der Waals surface area contributed by atoms with Gasteiger partial charge in [0.25, 0.3) is 0 Å². The second-order valence-corrected chi connectivity index (χ2v) is 5.41. The molecular weight excluding hydrogens is 380 g/mol. The van der Waals surface area contributed by atoms with Crippen molar-refractivity contribution in [1.82, 2.24) is 0 Å². The number of aromatic carboxylic acids is 1. The number of rotatable bonds is 4. The summed E-state index contributed by atoms with van der Waals surface area (Å²) in [6.45, 7) is -0.549. The van der Waals surface area contributed by atoms with Crippen molar-refractivity contribution >= 4 is 40.8 Å². The number of hydrogen-bond acceptors (Lipinski definition) is 2. The van der Waals surface area contributed by atoms with Crippen molar-refractivity contribution in [2.24, 2.45) is 0 Å². The average molecular weight is 386 g/mol. The molecule has 122 valence electrons. The molecule has 0 aromatic heterocycles. The van der Waals surface area contributed by atoms with Crippen LogP contribution in [0.4, 0.5) is 13.2 Å². The van der Waals surface area contributed by atoms with Crippen molar-refractivity contribution in [3.05, 3.63) is 61.8 Å². The van der Waals surface area contributed by atoms with Gasteiger partial charge in [0.05, 0.1) is 5.56 Å². The maximum Gasteiger partial charge on any atom is 0.338 e. The molecule has 0 heterocycles. The Labute approximate surface area is 143 Å². The third-order valence-corrected chi connectivity index (χ3v) is 3.86. The monoisotopic (exact) mass is 384 g/mol. The molecule has 2 aromatic carbocycles. The summed E-state index contributed by atoms with van der Waals surface area (Å²) in [6.07, 6.45) is 0. The minimum atomic E-state index is -1.47. The summed E-state index contributed by atoms with van der Waals surface area (Å²) in [5.41, 5.74) is -0.732. The number of carboxylic acids is 1. The Morgan fingerprint density at radius 1 is 1.00 bits per heavy atom. The lowest BCUT2D eigenvalue weighted by Crippen LogP contribution is -2.07. The summed E-state index contributed by atoms with van der Waals surface area (Å²) in [4.78, 5) is 10.8. The molecule has 0 radical (unpaired) electrons. The molecule has 0 saturated heterocycles. The van der Waals surface area contributed by atoms with Crippen LogP contribution in [-0.2, 0) is 6.61 Å². The fraction of sp³-hybridized carbons (Fsp3) is 0.0714. The lowest BCUT2D eigenvalue weighted by molar-refractivity contribution is 0.0691. The molecular formula is C14H6Cl3F3O3. The molecule has 0 unspecified atom stereocenters. The molecule has 0 amide bonds. The second kappa shape index (κ2) is 6.86. The minimum absolute atomic E-state index is 0.159. The Morgan fingerprint density at radius 2 is 1.57 bits per heavy atom. The van der Waals surface area contributed by atoms with Crippen LogP contribution in [0, 0.1) is 17.5 Å². The highest BCUT2D eigenvalue weighted by atomic mass is 35.5. The Kier molecular flexibility index (Phi) is 5.29. The van der Waals surface area contributed by atoms with E-state index < -0.39 is 56.4 Å². The second-order valence-electron chi connectivity index (χ2n) is 4.27. The molecule has 3 nitrogen and oxygen atoms in total. The predicted octanol–water partition coefficient (Wildman–Crippen LogP) is 5.34. The molecule has 0 bridgehead atoms. The first-order valence-corrected chi connectivity index (χ1v) is 7.04. The minimum Gasteiger partial charge on any atom is -0.485 e. The summed E-state index contributed by atoms with van der Waals surface area (Å²) in [7, 11) is 0. The summed E-state index contributed by atoms with van der Waals surface area (Å²) in [5.74, 6) is -5.62. The fourth-order valence-corrected chi connectivity index (χ4v) is 2.54. The number of carboxylic acid groups (broad SMARTS) is 1. The average Bonchev–Trinajstić information content (AvgIpc) is 2.52. The van der Waals surface area contributed by atoms with Gasteiger partial charge in [0.2, 0.25) is 0 Å². The van der Waals surface area contributed by atoms with E-state index in [2.05, 4.69) is 0 Å². The standard InChI is InChI=1S/C14H6Cl3F3O3/c15-7-11(19)8(16)13(9(17)12(7)20)23-4-5-2-1-3-6(10(5)18)14(21)22/h1-3H,4H2,(H,21,22). The smallest absolute Gasteiger partial charge is 0.338 e.